The molecule has 1 aromatic carbocycles. The largest absolute Gasteiger partial charge is 0.508 e. The summed E-state index contributed by atoms with van der Waals surface area (Å²) >= 11 is 0. The molecule has 1 heterocycles. The van der Waals surface area contributed by atoms with Crippen molar-refractivity contribution in [2.24, 2.45) is 4.99 Å². The molecule has 0 fully saturated rings. The summed E-state index contributed by atoms with van der Waals surface area (Å²) in [6, 6.07) is 5.07. The van der Waals surface area contributed by atoms with Gasteiger partial charge in [0.05, 0.1) is 5.69 Å². The first kappa shape index (κ1) is 6.16. The molecule has 1 N–H and O–H groups in total. The fraction of sp³-hybridized carbons (Fsp3) is 0. The number of hydrogen-bond acceptors (Lipinski definition) is 2. The summed E-state index contributed by atoms with van der Waals surface area (Å²) in [6.07, 6.45) is 1.70. The maximum Gasteiger partial charge on any atom is 0.116 e. The minimum absolute atomic E-state index is 0.260. The van der Waals surface area contributed by atoms with E-state index >= 15 is 0 Å². The lowest BCUT2D eigenvalue weighted by atomic mass is 10.1. The molecule has 2 rings (SSSR count). The Bertz CT molecular complexity index is 353. The van der Waals surface area contributed by atoms with E-state index in [9.17, 15) is 0 Å². The second-order valence-electron chi connectivity index (χ2n) is 2.48. The van der Waals surface area contributed by atoms with Crippen LogP contribution in [0.5, 0.6) is 5.75 Å². The molecule has 1 aliphatic rings. The number of nitrogens with zero attached hydrogens (tertiary/aromatic N) is 1. The van der Waals surface area contributed by atoms with Gasteiger partial charge in [-0.05, 0) is 23.8 Å². The average Bonchev–Trinajstić information content (AvgIpc) is 2.33. The van der Waals surface area contributed by atoms with Crippen LogP contribution in [0.15, 0.2) is 29.8 Å². The van der Waals surface area contributed by atoms with E-state index < -0.39 is 0 Å². The van der Waals surface area contributed by atoms with Gasteiger partial charge in [-0.1, -0.05) is 6.58 Å². The van der Waals surface area contributed by atoms with E-state index in [1.54, 1.807) is 24.4 Å². The molecule has 0 unspecified atom stereocenters. The van der Waals surface area contributed by atoms with Gasteiger partial charge in [0.25, 0.3) is 0 Å². The van der Waals surface area contributed by atoms with Crippen LogP contribution in [0.4, 0.5) is 5.69 Å². The van der Waals surface area contributed by atoms with Crippen LogP contribution in [0.3, 0.4) is 0 Å². The third kappa shape index (κ3) is 0.835. The smallest absolute Gasteiger partial charge is 0.116 e. The van der Waals surface area contributed by atoms with Crippen molar-refractivity contribution in [3.05, 3.63) is 30.3 Å². The van der Waals surface area contributed by atoms with E-state index in [0.29, 0.717) is 0 Å². The van der Waals surface area contributed by atoms with Crippen molar-refractivity contribution in [3.63, 3.8) is 0 Å². The Labute approximate surface area is 64.5 Å². The van der Waals surface area contributed by atoms with Crippen LogP contribution in [0, 0.1) is 0 Å². The maximum absolute atomic E-state index is 9.12. The zero-order valence-electron chi connectivity index (χ0n) is 5.91. The number of phenols is 1. The van der Waals surface area contributed by atoms with Crippen LogP contribution in [-0.2, 0) is 0 Å². The summed E-state index contributed by atoms with van der Waals surface area (Å²) < 4.78 is 0. The molecule has 1 aliphatic heterocycles. The monoisotopic (exact) mass is 145 g/mol. The number of rotatable bonds is 0. The minimum atomic E-state index is 0.260. The van der Waals surface area contributed by atoms with Gasteiger partial charge in [0, 0.05) is 11.8 Å². The number of phenolic OH excluding ortho intramolecular Hbond substituents is 1. The Morgan fingerprint density at radius 3 is 3.00 bits per heavy atom. The Hall–Kier alpha value is -1.57. The lowest BCUT2D eigenvalue weighted by molar-refractivity contribution is 0.475. The number of hydrogen-bond donors (Lipinski definition) is 1. The fourth-order valence-corrected chi connectivity index (χ4v) is 1.11. The zero-order valence-corrected chi connectivity index (χ0v) is 5.91. The van der Waals surface area contributed by atoms with E-state index in [1.165, 1.54) is 0 Å². The lowest BCUT2D eigenvalue weighted by Gasteiger charge is -1.97. The molecule has 0 saturated heterocycles. The van der Waals surface area contributed by atoms with Crippen LogP contribution in [0.2, 0.25) is 0 Å². The first-order chi connectivity index (χ1) is 5.27. The summed E-state index contributed by atoms with van der Waals surface area (Å²) in [5.41, 5.74) is 2.66. The summed E-state index contributed by atoms with van der Waals surface area (Å²) in [6.45, 7) is 3.78. The number of allylic oxidation sites excluding steroid dienone is 1. The Kier molecular flexibility index (Phi) is 1.09. The highest BCUT2D eigenvalue weighted by atomic mass is 16.3. The molecular formula is C9H7NO. The van der Waals surface area contributed by atoms with Crippen LogP contribution < -0.4 is 0 Å². The molecule has 11 heavy (non-hydrogen) atoms. The van der Waals surface area contributed by atoms with Crippen molar-refractivity contribution < 1.29 is 5.11 Å². The molecule has 0 bridgehead atoms. The lowest BCUT2D eigenvalue weighted by Crippen LogP contribution is -1.75. The first-order valence-electron chi connectivity index (χ1n) is 3.34. The van der Waals surface area contributed by atoms with Gasteiger partial charge in [-0.3, -0.25) is 4.99 Å². The van der Waals surface area contributed by atoms with E-state index in [0.717, 1.165) is 16.8 Å². The van der Waals surface area contributed by atoms with E-state index in [1.807, 2.05) is 0 Å². The Morgan fingerprint density at radius 1 is 1.36 bits per heavy atom. The van der Waals surface area contributed by atoms with Crippen LogP contribution in [-0.4, -0.2) is 11.3 Å². The molecular weight excluding hydrogens is 138 g/mol. The summed E-state index contributed by atoms with van der Waals surface area (Å²) in [4.78, 5) is 4.09. The second-order valence-corrected chi connectivity index (χ2v) is 2.48. The van der Waals surface area contributed by atoms with E-state index in [-0.39, 0.29) is 5.75 Å². The van der Waals surface area contributed by atoms with Crippen molar-refractivity contribution in [2.45, 2.75) is 0 Å². The van der Waals surface area contributed by atoms with Gasteiger partial charge in [-0.25, -0.2) is 0 Å². The predicted molar refractivity (Wildman–Crippen MR) is 45.3 cm³/mol. The zero-order chi connectivity index (χ0) is 7.84. The molecule has 0 atom stereocenters. The van der Waals surface area contributed by atoms with Crippen molar-refractivity contribution in [3.8, 4) is 5.75 Å². The van der Waals surface area contributed by atoms with Crippen molar-refractivity contribution in [2.75, 3.05) is 0 Å². The van der Waals surface area contributed by atoms with Gasteiger partial charge in [0.2, 0.25) is 0 Å². The van der Waals surface area contributed by atoms with Crippen LogP contribution >= 0.6 is 0 Å². The van der Waals surface area contributed by atoms with Gasteiger partial charge in [0.15, 0.2) is 0 Å². The maximum atomic E-state index is 9.12. The van der Waals surface area contributed by atoms with Gasteiger partial charge in [-0.2, -0.15) is 0 Å². The number of aromatic hydroxyl groups is 1. The quantitative estimate of drug-likeness (QED) is 0.595. The molecule has 1 aromatic rings. The molecule has 2 heteroatoms. The highest BCUT2D eigenvalue weighted by Gasteiger charge is 2.09. The standard InChI is InChI=1S/C9H7NO/c1-6-5-10-9-3-2-7(11)4-8(6)9/h2-5,11H,1H2. The SMILES string of the molecule is C=C1C=Nc2ccc(O)cc21. The van der Waals surface area contributed by atoms with Gasteiger partial charge in [-0.15, -0.1) is 0 Å². The average molecular weight is 145 g/mol. The van der Waals surface area contributed by atoms with Crippen LogP contribution in [0.1, 0.15) is 5.56 Å². The molecule has 0 aliphatic carbocycles. The molecule has 0 saturated carbocycles. The highest BCUT2D eigenvalue weighted by molar-refractivity contribution is 6.15. The Morgan fingerprint density at radius 2 is 2.18 bits per heavy atom. The molecule has 0 amide bonds. The highest BCUT2D eigenvalue weighted by Crippen LogP contribution is 2.32. The molecule has 0 spiro atoms. The number of benzene rings is 1. The fourth-order valence-electron chi connectivity index (χ4n) is 1.11. The Balaban J connectivity index is 2.67. The number of aliphatic imine (C=N–C) groups is 1. The molecule has 0 aromatic heterocycles. The van der Waals surface area contributed by atoms with E-state index in [2.05, 4.69) is 11.6 Å². The van der Waals surface area contributed by atoms with Gasteiger partial charge >= 0.3 is 0 Å². The third-order valence-electron chi connectivity index (χ3n) is 1.69. The second kappa shape index (κ2) is 1.95. The minimum Gasteiger partial charge on any atom is -0.508 e. The molecule has 54 valence electrons. The number of fused-ring (bicyclic) bond motifs is 1. The summed E-state index contributed by atoms with van der Waals surface area (Å²) in [7, 11) is 0. The predicted octanol–water partition coefficient (Wildman–Crippen LogP) is 2.12. The first-order valence-corrected chi connectivity index (χ1v) is 3.34. The normalized spacial score (nSPS) is 13.6. The molecule has 2 nitrogen and oxygen atoms in total. The third-order valence-corrected chi connectivity index (χ3v) is 1.69. The van der Waals surface area contributed by atoms with Crippen molar-refractivity contribution in [1.82, 2.24) is 0 Å². The topological polar surface area (TPSA) is 32.6 Å². The summed E-state index contributed by atoms with van der Waals surface area (Å²) in [5, 5.41) is 9.12. The van der Waals surface area contributed by atoms with E-state index in [4.69, 9.17) is 5.11 Å². The van der Waals surface area contributed by atoms with Crippen molar-refractivity contribution in [1.29, 1.82) is 0 Å². The van der Waals surface area contributed by atoms with Crippen molar-refractivity contribution >= 4 is 17.5 Å². The van der Waals surface area contributed by atoms with Crippen LogP contribution in [0.25, 0.3) is 5.57 Å². The van der Waals surface area contributed by atoms with Gasteiger partial charge in [0.1, 0.15) is 5.75 Å². The van der Waals surface area contributed by atoms with Gasteiger partial charge < -0.3 is 5.11 Å². The summed E-state index contributed by atoms with van der Waals surface area (Å²) in [5.74, 6) is 0.260. The molecule has 0 radical (unpaired) electrons.